The molecule has 0 aliphatic carbocycles. The Kier molecular flexibility index (Phi) is 5.69. The predicted octanol–water partition coefficient (Wildman–Crippen LogP) is 2.41. The zero-order valence-corrected chi connectivity index (χ0v) is 18.5. The van der Waals surface area contributed by atoms with Crippen LogP contribution in [0.25, 0.3) is 11.3 Å². The maximum absolute atomic E-state index is 12.5. The standard InChI is InChI=1S/C22H27N7OS/c1-27-14-16(13-24-27)19-4-8-23-22(26-19)29-11-7-18(15-29)25-17-5-9-28(10-6-17)21(30)20-3-2-12-31-20/h2-4,8,12-14,17-18,25H,5-7,9-11,15H2,1H3. The lowest BCUT2D eigenvalue weighted by Gasteiger charge is -2.33. The number of aryl methyl sites for hydroxylation is 1. The fraction of sp³-hybridized carbons (Fsp3) is 0.455. The van der Waals surface area contributed by atoms with E-state index in [0.717, 1.165) is 67.5 Å². The monoisotopic (exact) mass is 437 g/mol. The summed E-state index contributed by atoms with van der Waals surface area (Å²) in [6, 6.07) is 6.66. The van der Waals surface area contributed by atoms with Gasteiger partial charge in [0.15, 0.2) is 0 Å². The molecule has 9 heteroatoms. The van der Waals surface area contributed by atoms with E-state index in [0.29, 0.717) is 12.1 Å². The molecule has 0 bridgehead atoms. The Morgan fingerprint density at radius 2 is 2.00 bits per heavy atom. The second-order valence-corrected chi connectivity index (χ2v) is 9.23. The minimum absolute atomic E-state index is 0.172. The van der Waals surface area contributed by atoms with Gasteiger partial charge in [0.1, 0.15) is 0 Å². The molecule has 5 rings (SSSR count). The van der Waals surface area contributed by atoms with Gasteiger partial charge in [-0.15, -0.1) is 11.3 Å². The van der Waals surface area contributed by atoms with Gasteiger partial charge in [0.2, 0.25) is 5.95 Å². The Labute approximate surface area is 185 Å². The highest BCUT2D eigenvalue weighted by Crippen LogP contribution is 2.23. The maximum Gasteiger partial charge on any atom is 0.263 e. The van der Waals surface area contributed by atoms with E-state index in [1.165, 1.54) is 11.3 Å². The minimum atomic E-state index is 0.172. The first kappa shape index (κ1) is 20.1. The van der Waals surface area contributed by atoms with Crippen molar-refractivity contribution in [2.75, 3.05) is 31.1 Å². The van der Waals surface area contributed by atoms with Gasteiger partial charge in [0, 0.05) is 63.3 Å². The van der Waals surface area contributed by atoms with Crippen LogP contribution in [0, 0.1) is 0 Å². The number of carbonyl (C=O) groups is 1. The molecule has 1 N–H and O–H groups in total. The molecule has 1 atom stereocenters. The van der Waals surface area contributed by atoms with E-state index in [-0.39, 0.29) is 5.91 Å². The van der Waals surface area contributed by atoms with Gasteiger partial charge in [-0.25, -0.2) is 9.97 Å². The number of hydrogen-bond acceptors (Lipinski definition) is 7. The molecule has 0 aromatic carbocycles. The molecular weight excluding hydrogens is 410 g/mol. The highest BCUT2D eigenvalue weighted by Gasteiger charge is 2.29. The Bertz CT molecular complexity index is 1030. The molecule has 0 radical (unpaired) electrons. The summed E-state index contributed by atoms with van der Waals surface area (Å²) in [6.45, 7) is 3.50. The highest BCUT2D eigenvalue weighted by molar-refractivity contribution is 7.12. The average Bonchev–Trinajstić information content (AvgIpc) is 3.56. The number of aromatic nitrogens is 4. The Balaban J connectivity index is 1.14. The van der Waals surface area contributed by atoms with Gasteiger partial charge in [-0.1, -0.05) is 6.07 Å². The first-order chi connectivity index (χ1) is 15.2. The number of hydrogen-bond donors (Lipinski definition) is 1. The molecule has 2 aliphatic heterocycles. The topological polar surface area (TPSA) is 79.2 Å². The maximum atomic E-state index is 12.5. The number of anilines is 1. The molecule has 31 heavy (non-hydrogen) atoms. The molecule has 2 fully saturated rings. The molecule has 0 spiro atoms. The van der Waals surface area contributed by atoms with Crippen LogP contribution >= 0.6 is 11.3 Å². The second-order valence-electron chi connectivity index (χ2n) is 8.29. The lowest BCUT2D eigenvalue weighted by atomic mass is 10.0. The Morgan fingerprint density at radius 3 is 2.74 bits per heavy atom. The van der Waals surface area contributed by atoms with Gasteiger partial charge in [-0.3, -0.25) is 9.48 Å². The van der Waals surface area contributed by atoms with Crippen molar-refractivity contribution in [3.63, 3.8) is 0 Å². The summed E-state index contributed by atoms with van der Waals surface area (Å²) < 4.78 is 1.78. The smallest absolute Gasteiger partial charge is 0.263 e. The van der Waals surface area contributed by atoms with Crippen molar-refractivity contribution >= 4 is 23.2 Å². The average molecular weight is 438 g/mol. The van der Waals surface area contributed by atoms with Crippen LogP contribution in [-0.2, 0) is 7.05 Å². The van der Waals surface area contributed by atoms with Crippen LogP contribution in [-0.4, -0.2) is 68.8 Å². The molecule has 2 aliphatic rings. The van der Waals surface area contributed by atoms with E-state index in [2.05, 4.69) is 20.3 Å². The fourth-order valence-corrected chi connectivity index (χ4v) is 5.12. The lowest BCUT2D eigenvalue weighted by Crippen LogP contribution is -2.48. The van der Waals surface area contributed by atoms with Crippen molar-refractivity contribution in [3.8, 4) is 11.3 Å². The number of amides is 1. The zero-order valence-electron chi connectivity index (χ0n) is 17.6. The number of piperidine rings is 1. The van der Waals surface area contributed by atoms with Crippen molar-refractivity contribution in [2.45, 2.75) is 31.3 Å². The van der Waals surface area contributed by atoms with Crippen molar-refractivity contribution in [2.24, 2.45) is 7.05 Å². The van der Waals surface area contributed by atoms with Crippen LogP contribution in [0.15, 0.2) is 42.2 Å². The van der Waals surface area contributed by atoms with Crippen LogP contribution in [0.1, 0.15) is 28.9 Å². The molecule has 5 heterocycles. The van der Waals surface area contributed by atoms with Crippen LogP contribution < -0.4 is 10.2 Å². The van der Waals surface area contributed by atoms with Crippen molar-refractivity contribution in [1.29, 1.82) is 0 Å². The second kappa shape index (κ2) is 8.76. The molecule has 3 aromatic rings. The van der Waals surface area contributed by atoms with E-state index in [9.17, 15) is 4.79 Å². The van der Waals surface area contributed by atoms with Crippen molar-refractivity contribution in [1.82, 2.24) is 30.0 Å². The molecule has 0 saturated carbocycles. The third-order valence-electron chi connectivity index (χ3n) is 6.10. The number of rotatable bonds is 5. The highest BCUT2D eigenvalue weighted by atomic mass is 32.1. The molecule has 8 nitrogen and oxygen atoms in total. The van der Waals surface area contributed by atoms with Gasteiger partial charge < -0.3 is 15.1 Å². The Morgan fingerprint density at radius 1 is 1.16 bits per heavy atom. The number of nitrogens with one attached hydrogen (secondary N) is 1. The van der Waals surface area contributed by atoms with Gasteiger partial charge in [0.25, 0.3) is 5.91 Å². The molecule has 1 amide bonds. The summed E-state index contributed by atoms with van der Waals surface area (Å²) in [7, 11) is 1.91. The minimum Gasteiger partial charge on any atom is -0.339 e. The normalized spacial score (nSPS) is 19.8. The van der Waals surface area contributed by atoms with Crippen molar-refractivity contribution < 1.29 is 4.79 Å². The van der Waals surface area contributed by atoms with Crippen LogP contribution in [0.3, 0.4) is 0 Å². The van der Waals surface area contributed by atoms with E-state index >= 15 is 0 Å². The SMILES string of the molecule is Cn1cc(-c2ccnc(N3CCC(NC4CCN(C(=O)c5cccs5)CC4)C3)n2)cn1. The van der Waals surface area contributed by atoms with Crippen LogP contribution in [0.2, 0.25) is 0 Å². The quantitative estimate of drug-likeness (QED) is 0.660. The third-order valence-corrected chi connectivity index (χ3v) is 6.96. The summed E-state index contributed by atoms with van der Waals surface area (Å²) in [6.07, 6.45) is 8.70. The summed E-state index contributed by atoms with van der Waals surface area (Å²) >= 11 is 1.52. The predicted molar refractivity (Wildman–Crippen MR) is 121 cm³/mol. The molecule has 1 unspecified atom stereocenters. The Hall–Kier alpha value is -2.78. The molecule has 162 valence electrons. The van der Waals surface area contributed by atoms with Crippen LogP contribution in [0.4, 0.5) is 5.95 Å². The van der Waals surface area contributed by atoms with E-state index < -0.39 is 0 Å². The number of thiophene rings is 1. The van der Waals surface area contributed by atoms with Crippen molar-refractivity contribution in [3.05, 3.63) is 47.0 Å². The lowest BCUT2D eigenvalue weighted by molar-refractivity contribution is 0.0707. The molecule has 3 aromatic heterocycles. The third kappa shape index (κ3) is 4.47. The van der Waals surface area contributed by atoms with Gasteiger partial charge in [-0.05, 0) is 36.8 Å². The first-order valence-electron chi connectivity index (χ1n) is 10.8. The van der Waals surface area contributed by atoms with Gasteiger partial charge in [-0.2, -0.15) is 5.10 Å². The van der Waals surface area contributed by atoms with Gasteiger partial charge >= 0.3 is 0 Å². The van der Waals surface area contributed by atoms with Gasteiger partial charge in [0.05, 0.1) is 16.8 Å². The number of likely N-dealkylation sites (tertiary alicyclic amines) is 1. The van der Waals surface area contributed by atoms with E-state index in [1.54, 1.807) is 4.68 Å². The summed E-state index contributed by atoms with van der Waals surface area (Å²) in [5.74, 6) is 0.952. The summed E-state index contributed by atoms with van der Waals surface area (Å²) in [4.78, 5) is 26.9. The summed E-state index contributed by atoms with van der Waals surface area (Å²) in [5, 5.41) is 10.0. The number of carbonyl (C=O) groups excluding carboxylic acids is 1. The van der Waals surface area contributed by atoms with E-state index in [4.69, 9.17) is 4.98 Å². The zero-order chi connectivity index (χ0) is 21.2. The van der Waals surface area contributed by atoms with Crippen LogP contribution in [0.5, 0.6) is 0 Å². The largest absolute Gasteiger partial charge is 0.339 e. The summed E-state index contributed by atoms with van der Waals surface area (Å²) in [5.41, 5.74) is 1.90. The molecule has 2 saturated heterocycles. The number of nitrogens with zero attached hydrogens (tertiary/aromatic N) is 6. The fourth-order valence-electron chi connectivity index (χ4n) is 4.43. The van der Waals surface area contributed by atoms with E-state index in [1.807, 2.05) is 54.1 Å². The molecular formula is C22H27N7OS. The first-order valence-corrected chi connectivity index (χ1v) is 11.7.